The molecule has 2 aromatic carbocycles. The van der Waals surface area contributed by atoms with Gasteiger partial charge >= 0.3 is 0 Å². The van der Waals surface area contributed by atoms with Crippen LogP contribution in [0.15, 0.2) is 47.1 Å². The van der Waals surface area contributed by atoms with E-state index in [2.05, 4.69) is 32.1 Å². The highest BCUT2D eigenvalue weighted by Gasteiger charge is 2.27. The summed E-state index contributed by atoms with van der Waals surface area (Å²) in [6.45, 7) is 0. The Morgan fingerprint density at radius 1 is 1.15 bits per heavy atom. The number of phenols is 1. The zero-order chi connectivity index (χ0) is 19.6. The van der Waals surface area contributed by atoms with Crippen molar-refractivity contribution in [3.8, 4) is 11.5 Å². The van der Waals surface area contributed by atoms with Gasteiger partial charge in [-0.25, -0.2) is 0 Å². The summed E-state index contributed by atoms with van der Waals surface area (Å²) in [5.41, 5.74) is 6.09. The summed E-state index contributed by atoms with van der Waals surface area (Å²) in [6.07, 6.45) is 1.29. The third kappa shape index (κ3) is 3.77. The number of imide groups is 1. The summed E-state index contributed by atoms with van der Waals surface area (Å²) in [5, 5.41) is 12.0. The maximum absolute atomic E-state index is 12.2. The number of aromatic hydroxyl groups is 1. The van der Waals surface area contributed by atoms with E-state index in [0.29, 0.717) is 15.6 Å². The molecule has 27 heavy (non-hydrogen) atoms. The van der Waals surface area contributed by atoms with E-state index in [1.165, 1.54) is 31.5 Å². The molecule has 2 aromatic rings. The predicted octanol–water partition coefficient (Wildman–Crippen LogP) is 1.71. The van der Waals surface area contributed by atoms with Crippen molar-refractivity contribution in [2.45, 2.75) is 0 Å². The van der Waals surface area contributed by atoms with Crippen LogP contribution in [0.25, 0.3) is 5.57 Å². The standard InChI is InChI=1S/C18H14BrN3O5/c1-27-15-5-2-9(6-14(15)23)16(24)22-20-8-13-12-7-10(19)3-4-11(12)17(25)21-18(13)26/h2-8,20,23H,1H3,(H,22,24)(H,21,25,26). The van der Waals surface area contributed by atoms with Gasteiger partial charge in [0.15, 0.2) is 11.5 Å². The monoisotopic (exact) mass is 431 g/mol. The molecule has 1 aliphatic rings. The van der Waals surface area contributed by atoms with E-state index in [9.17, 15) is 19.5 Å². The number of methoxy groups -OCH3 is 1. The zero-order valence-corrected chi connectivity index (χ0v) is 15.6. The number of hydrazine groups is 1. The number of amides is 3. The minimum Gasteiger partial charge on any atom is -0.504 e. The van der Waals surface area contributed by atoms with Gasteiger partial charge in [-0.3, -0.25) is 25.1 Å². The van der Waals surface area contributed by atoms with Gasteiger partial charge in [0.25, 0.3) is 17.7 Å². The molecule has 0 aromatic heterocycles. The molecular weight excluding hydrogens is 418 g/mol. The van der Waals surface area contributed by atoms with Gasteiger partial charge in [-0.15, -0.1) is 0 Å². The lowest BCUT2D eigenvalue weighted by Gasteiger charge is -2.18. The number of hydrogen-bond acceptors (Lipinski definition) is 6. The average molecular weight is 432 g/mol. The molecule has 0 atom stereocenters. The number of benzene rings is 2. The van der Waals surface area contributed by atoms with E-state index < -0.39 is 17.7 Å². The van der Waals surface area contributed by atoms with Gasteiger partial charge in [0.05, 0.1) is 12.7 Å². The fourth-order valence-corrected chi connectivity index (χ4v) is 2.88. The third-order valence-electron chi connectivity index (χ3n) is 3.83. The summed E-state index contributed by atoms with van der Waals surface area (Å²) in [7, 11) is 1.40. The summed E-state index contributed by atoms with van der Waals surface area (Å²) < 4.78 is 5.62. The highest BCUT2D eigenvalue weighted by Crippen LogP contribution is 2.27. The Morgan fingerprint density at radius 2 is 1.93 bits per heavy atom. The van der Waals surface area contributed by atoms with Crippen LogP contribution in [-0.4, -0.2) is 29.9 Å². The van der Waals surface area contributed by atoms with Crippen molar-refractivity contribution in [1.29, 1.82) is 0 Å². The quantitative estimate of drug-likeness (QED) is 0.332. The lowest BCUT2D eigenvalue weighted by atomic mass is 9.96. The van der Waals surface area contributed by atoms with Gasteiger partial charge in [0.2, 0.25) is 0 Å². The van der Waals surface area contributed by atoms with E-state index >= 15 is 0 Å². The molecule has 0 fully saturated rings. The molecule has 3 amide bonds. The Balaban J connectivity index is 1.78. The molecule has 3 rings (SSSR count). The van der Waals surface area contributed by atoms with Crippen molar-refractivity contribution < 1.29 is 24.2 Å². The number of nitrogens with one attached hydrogen (secondary N) is 3. The third-order valence-corrected chi connectivity index (χ3v) is 4.32. The summed E-state index contributed by atoms with van der Waals surface area (Å²) in [5.74, 6) is -1.54. The van der Waals surface area contributed by atoms with Crippen molar-refractivity contribution >= 4 is 39.2 Å². The van der Waals surface area contributed by atoms with E-state index in [0.717, 1.165) is 0 Å². The fraction of sp³-hybridized carbons (Fsp3) is 0.0556. The van der Waals surface area contributed by atoms with Gasteiger partial charge in [-0.1, -0.05) is 15.9 Å². The lowest BCUT2D eigenvalue weighted by molar-refractivity contribution is -0.114. The molecule has 1 heterocycles. The number of ether oxygens (including phenoxy) is 1. The Kier molecular flexibility index (Phi) is 5.13. The number of carbonyl (C=O) groups is 3. The smallest absolute Gasteiger partial charge is 0.269 e. The maximum atomic E-state index is 12.2. The molecule has 0 aliphatic carbocycles. The first-order chi connectivity index (χ1) is 12.9. The minimum atomic E-state index is -0.588. The molecule has 0 bridgehead atoms. The first-order valence-electron chi connectivity index (χ1n) is 7.69. The Labute approximate surface area is 162 Å². The highest BCUT2D eigenvalue weighted by molar-refractivity contribution is 9.10. The summed E-state index contributed by atoms with van der Waals surface area (Å²) in [6, 6.07) is 9.10. The highest BCUT2D eigenvalue weighted by atomic mass is 79.9. The second-order valence-corrected chi connectivity index (χ2v) is 6.43. The predicted molar refractivity (Wildman–Crippen MR) is 99.9 cm³/mol. The molecule has 0 saturated carbocycles. The van der Waals surface area contributed by atoms with Gasteiger partial charge in [0.1, 0.15) is 0 Å². The number of halogens is 1. The van der Waals surface area contributed by atoms with Crippen LogP contribution >= 0.6 is 15.9 Å². The molecule has 1 aliphatic heterocycles. The van der Waals surface area contributed by atoms with E-state index in [1.54, 1.807) is 18.2 Å². The van der Waals surface area contributed by atoms with E-state index in [4.69, 9.17) is 4.74 Å². The van der Waals surface area contributed by atoms with Crippen LogP contribution in [-0.2, 0) is 4.79 Å². The second-order valence-electron chi connectivity index (χ2n) is 5.52. The fourth-order valence-electron chi connectivity index (χ4n) is 2.52. The Morgan fingerprint density at radius 3 is 2.63 bits per heavy atom. The SMILES string of the molecule is COc1ccc(C(=O)NNC=C2C(=O)NC(=O)c3ccc(Br)cc32)cc1O. The van der Waals surface area contributed by atoms with Crippen molar-refractivity contribution in [2.75, 3.05) is 7.11 Å². The van der Waals surface area contributed by atoms with Crippen LogP contribution in [0.4, 0.5) is 0 Å². The molecule has 0 unspecified atom stereocenters. The number of carbonyl (C=O) groups excluding carboxylic acids is 3. The number of hydrogen-bond donors (Lipinski definition) is 4. The average Bonchev–Trinajstić information content (AvgIpc) is 2.63. The van der Waals surface area contributed by atoms with Crippen LogP contribution in [0.3, 0.4) is 0 Å². The minimum absolute atomic E-state index is 0.174. The Bertz CT molecular complexity index is 987. The molecule has 0 spiro atoms. The zero-order valence-electron chi connectivity index (χ0n) is 14.0. The van der Waals surface area contributed by atoms with Crippen LogP contribution < -0.4 is 20.9 Å². The molecule has 0 saturated heterocycles. The van der Waals surface area contributed by atoms with Gasteiger partial charge in [-0.05, 0) is 36.4 Å². The van der Waals surface area contributed by atoms with Crippen LogP contribution in [0.1, 0.15) is 26.3 Å². The lowest BCUT2D eigenvalue weighted by Crippen LogP contribution is -2.39. The molecule has 0 radical (unpaired) electrons. The van der Waals surface area contributed by atoms with Crippen molar-refractivity contribution in [3.05, 3.63) is 63.8 Å². The van der Waals surface area contributed by atoms with Gasteiger partial charge in [-0.2, -0.15) is 0 Å². The first-order valence-corrected chi connectivity index (χ1v) is 8.48. The number of phenolic OH excluding ortho intramolecular Hbond substituents is 1. The topological polar surface area (TPSA) is 117 Å². The molecular formula is C18H14BrN3O5. The van der Waals surface area contributed by atoms with Crippen molar-refractivity contribution in [2.24, 2.45) is 0 Å². The van der Waals surface area contributed by atoms with Crippen molar-refractivity contribution in [3.63, 3.8) is 0 Å². The normalized spacial score (nSPS) is 14.4. The van der Waals surface area contributed by atoms with Crippen LogP contribution in [0.2, 0.25) is 0 Å². The van der Waals surface area contributed by atoms with Gasteiger partial charge < -0.3 is 15.3 Å². The number of rotatable bonds is 4. The van der Waals surface area contributed by atoms with Crippen LogP contribution in [0.5, 0.6) is 11.5 Å². The Hall–Kier alpha value is -3.33. The maximum Gasteiger partial charge on any atom is 0.269 e. The molecule has 138 valence electrons. The molecule has 9 heteroatoms. The first kappa shape index (κ1) is 18.5. The van der Waals surface area contributed by atoms with Crippen LogP contribution in [0, 0.1) is 0 Å². The largest absolute Gasteiger partial charge is 0.504 e. The van der Waals surface area contributed by atoms with E-state index in [-0.39, 0.29) is 22.6 Å². The number of fused-ring (bicyclic) bond motifs is 1. The van der Waals surface area contributed by atoms with Crippen molar-refractivity contribution in [1.82, 2.24) is 16.2 Å². The van der Waals surface area contributed by atoms with E-state index in [1.807, 2.05) is 0 Å². The molecule has 4 N–H and O–H groups in total. The van der Waals surface area contributed by atoms with Gasteiger partial charge in [0, 0.05) is 27.4 Å². The second kappa shape index (κ2) is 7.50. The summed E-state index contributed by atoms with van der Waals surface area (Å²) in [4.78, 5) is 36.2. The molecule has 8 nitrogen and oxygen atoms in total. The summed E-state index contributed by atoms with van der Waals surface area (Å²) >= 11 is 3.30.